The zero-order valence-corrected chi connectivity index (χ0v) is 18.9. The first-order valence-electron chi connectivity index (χ1n) is 9.22. The molecule has 1 aromatic carbocycles. The number of halogens is 2. The minimum Gasteiger partial charge on any atom is -0.383 e. The minimum absolute atomic E-state index is 0. The van der Waals surface area contributed by atoms with Gasteiger partial charge in [-0.15, -0.1) is 24.0 Å². The molecule has 0 spiro atoms. The highest BCUT2D eigenvalue weighted by atomic mass is 127. The molecule has 1 saturated heterocycles. The Morgan fingerprint density at radius 1 is 1.31 bits per heavy atom. The number of nitrogens with one attached hydrogen (secondary N) is 2. The van der Waals surface area contributed by atoms with Gasteiger partial charge in [-0.2, -0.15) is 0 Å². The SMILES string of the molecule is CCNC(=NCC1CCCN1CCOC)NCCc1ccc(Cl)cc1.I. The molecule has 0 aliphatic carbocycles. The molecule has 1 fully saturated rings. The number of aliphatic imine (C=N–C) groups is 1. The van der Waals surface area contributed by atoms with Crippen molar-refractivity contribution >= 4 is 41.5 Å². The van der Waals surface area contributed by atoms with Crippen LogP contribution in [0.3, 0.4) is 0 Å². The first kappa shape index (κ1) is 23.5. The summed E-state index contributed by atoms with van der Waals surface area (Å²) in [6.45, 7) is 7.59. The highest BCUT2D eigenvalue weighted by molar-refractivity contribution is 14.0. The van der Waals surface area contributed by atoms with Gasteiger partial charge in [0.1, 0.15) is 0 Å². The van der Waals surface area contributed by atoms with Crippen LogP contribution in [0.5, 0.6) is 0 Å². The first-order valence-corrected chi connectivity index (χ1v) is 9.60. The smallest absolute Gasteiger partial charge is 0.191 e. The van der Waals surface area contributed by atoms with E-state index in [1.165, 1.54) is 18.4 Å². The van der Waals surface area contributed by atoms with Gasteiger partial charge in [0.25, 0.3) is 0 Å². The predicted molar refractivity (Wildman–Crippen MR) is 121 cm³/mol. The van der Waals surface area contributed by atoms with Crippen molar-refractivity contribution in [3.8, 4) is 0 Å². The van der Waals surface area contributed by atoms with E-state index in [9.17, 15) is 0 Å². The molecule has 1 aliphatic rings. The lowest BCUT2D eigenvalue weighted by Crippen LogP contribution is -2.40. The Kier molecular flexibility index (Phi) is 12.3. The van der Waals surface area contributed by atoms with E-state index in [0.717, 1.165) is 56.7 Å². The maximum atomic E-state index is 5.93. The average Bonchev–Trinajstić information content (AvgIpc) is 3.07. The highest BCUT2D eigenvalue weighted by Gasteiger charge is 2.23. The number of hydrogen-bond acceptors (Lipinski definition) is 3. The summed E-state index contributed by atoms with van der Waals surface area (Å²) in [4.78, 5) is 7.28. The molecule has 1 unspecified atom stereocenters. The monoisotopic (exact) mass is 494 g/mol. The number of likely N-dealkylation sites (tertiary alicyclic amines) is 1. The normalized spacial score (nSPS) is 17.8. The molecule has 5 nitrogen and oxygen atoms in total. The van der Waals surface area contributed by atoms with Crippen molar-refractivity contribution in [2.45, 2.75) is 32.2 Å². The molecule has 0 saturated carbocycles. The third-order valence-electron chi connectivity index (χ3n) is 4.51. The van der Waals surface area contributed by atoms with Gasteiger partial charge in [0.15, 0.2) is 5.96 Å². The second-order valence-corrected chi connectivity index (χ2v) is 6.78. The minimum atomic E-state index is 0. The van der Waals surface area contributed by atoms with Gasteiger partial charge in [-0.05, 0) is 50.4 Å². The third-order valence-corrected chi connectivity index (χ3v) is 4.76. The van der Waals surface area contributed by atoms with Gasteiger partial charge in [-0.25, -0.2) is 0 Å². The van der Waals surface area contributed by atoms with Crippen LogP contribution in [0.25, 0.3) is 0 Å². The maximum absolute atomic E-state index is 5.93. The molecule has 1 aliphatic heterocycles. The van der Waals surface area contributed by atoms with Crippen LogP contribution >= 0.6 is 35.6 Å². The fraction of sp³-hybridized carbons (Fsp3) is 0.632. The molecule has 0 bridgehead atoms. The Hall–Kier alpha value is -0.570. The molecule has 1 aromatic rings. The van der Waals surface area contributed by atoms with Gasteiger partial charge < -0.3 is 15.4 Å². The van der Waals surface area contributed by atoms with Crippen LogP contribution in [-0.2, 0) is 11.2 Å². The summed E-state index contributed by atoms with van der Waals surface area (Å²) < 4.78 is 5.21. The second kappa shape index (κ2) is 13.6. The Bertz CT molecular complexity index is 527. The van der Waals surface area contributed by atoms with Crippen LogP contribution < -0.4 is 10.6 Å². The van der Waals surface area contributed by atoms with Gasteiger partial charge in [0.2, 0.25) is 0 Å². The van der Waals surface area contributed by atoms with Crippen molar-refractivity contribution in [1.82, 2.24) is 15.5 Å². The van der Waals surface area contributed by atoms with Crippen molar-refractivity contribution in [3.05, 3.63) is 34.9 Å². The zero-order valence-electron chi connectivity index (χ0n) is 15.8. The van der Waals surface area contributed by atoms with Crippen molar-refractivity contribution in [2.24, 2.45) is 4.99 Å². The number of hydrogen-bond donors (Lipinski definition) is 2. The van der Waals surface area contributed by atoms with E-state index in [2.05, 4.69) is 34.6 Å². The first-order chi connectivity index (χ1) is 12.2. The van der Waals surface area contributed by atoms with Crippen LogP contribution in [0.4, 0.5) is 0 Å². The number of benzene rings is 1. The molecule has 7 heteroatoms. The summed E-state index contributed by atoms with van der Waals surface area (Å²) in [5, 5.41) is 7.54. The van der Waals surface area contributed by atoms with E-state index in [-0.39, 0.29) is 24.0 Å². The molecule has 2 rings (SSSR count). The summed E-state index contributed by atoms with van der Waals surface area (Å²) in [5.74, 6) is 0.898. The zero-order chi connectivity index (χ0) is 17.9. The fourth-order valence-corrected chi connectivity index (χ4v) is 3.25. The van der Waals surface area contributed by atoms with Crippen molar-refractivity contribution in [3.63, 3.8) is 0 Å². The predicted octanol–water partition coefficient (Wildman–Crippen LogP) is 3.17. The summed E-state index contributed by atoms with van der Waals surface area (Å²) in [6, 6.07) is 8.54. The van der Waals surface area contributed by atoms with Gasteiger partial charge >= 0.3 is 0 Å². The molecular formula is C19H32ClIN4O. The Morgan fingerprint density at radius 2 is 2.08 bits per heavy atom. The molecule has 1 atom stereocenters. The van der Waals surface area contributed by atoms with Gasteiger partial charge in [-0.3, -0.25) is 9.89 Å². The molecule has 148 valence electrons. The molecule has 1 heterocycles. The summed E-state index contributed by atoms with van der Waals surface area (Å²) in [5.41, 5.74) is 1.27. The van der Waals surface area contributed by atoms with Gasteiger partial charge in [0, 0.05) is 37.8 Å². The molecule has 26 heavy (non-hydrogen) atoms. The van der Waals surface area contributed by atoms with Gasteiger partial charge in [-0.1, -0.05) is 23.7 Å². The number of ether oxygens (including phenoxy) is 1. The molecule has 2 N–H and O–H groups in total. The maximum Gasteiger partial charge on any atom is 0.191 e. The van der Waals surface area contributed by atoms with E-state index >= 15 is 0 Å². The van der Waals surface area contributed by atoms with Crippen LogP contribution in [0.15, 0.2) is 29.3 Å². The number of methoxy groups -OCH3 is 1. The van der Waals surface area contributed by atoms with Crippen LogP contribution in [0.1, 0.15) is 25.3 Å². The topological polar surface area (TPSA) is 48.9 Å². The van der Waals surface area contributed by atoms with E-state index in [0.29, 0.717) is 6.04 Å². The van der Waals surface area contributed by atoms with E-state index in [1.807, 2.05) is 12.1 Å². The summed E-state index contributed by atoms with van der Waals surface area (Å²) in [7, 11) is 1.76. The Morgan fingerprint density at radius 3 is 2.77 bits per heavy atom. The highest BCUT2D eigenvalue weighted by Crippen LogP contribution is 2.16. The average molecular weight is 495 g/mol. The molecule has 0 amide bonds. The lowest BCUT2D eigenvalue weighted by molar-refractivity contribution is 0.142. The number of guanidine groups is 1. The number of rotatable bonds is 9. The Balaban J connectivity index is 0.00000338. The van der Waals surface area contributed by atoms with E-state index < -0.39 is 0 Å². The van der Waals surface area contributed by atoms with Crippen LogP contribution in [-0.4, -0.2) is 63.3 Å². The fourth-order valence-electron chi connectivity index (χ4n) is 3.12. The lowest BCUT2D eigenvalue weighted by atomic mass is 10.1. The quantitative estimate of drug-likeness (QED) is 0.315. The second-order valence-electron chi connectivity index (χ2n) is 6.35. The molecule has 0 aromatic heterocycles. The van der Waals surface area contributed by atoms with Crippen LogP contribution in [0, 0.1) is 0 Å². The third kappa shape index (κ3) is 8.41. The van der Waals surface area contributed by atoms with Crippen LogP contribution in [0.2, 0.25) is 5.02 Å². The van der Waals surface area contributed by atoms with Crippen molar-refractivity contribution < 1.29 is 4.74 Å². The summed E-state index contributed by atoms with van der Waals surface area (Å²) >= 11 is 5.93. The number of nitrogens with zero attached hydrogens (tertiary/aromatic N) is 2. The molecule has 0 radical (unpaired) electrons. The van der Waals surface area contributed by atoms with E-state index in [1.54, 1.807) is 7.11 Å². The molecular weight excluding hydrogens is 463 g/mol. The van der Waals surface area contributed by atoms with Gasteiger partial charge in [0.05, 0.1) is 13.2 Å². The standard InChI is InChI=1S/C19H31ClN4O.HI/c1-3-21-19(22-11-10-16-6-8-17(20)9-7-16)23-15-18-5-4-12-24(18)13-14-25-2;/h6-9,18H,3-5,10-15H2,1-2H3,(H2,21,22,23);1H. The Labute approximate surface area is 179 Å². The van der Waals surface area contributed by atoms with Crippen molar-refractivity contribution in [2.75, 3.05) is 46.4 Å². The van der Waals surface area contributed by atoms with Crippen molar-refractivity contribution in [1.29, 1.82) is 0 Å². The summed E-state index contributed by atoms with van der Waals surface area (Å²) in [6.07, 6.45) is 3.42. The van der Waals surface area contributed by atoms with E-state index in [4.69, 9.17) is 21.3 Å². The lowest BCUT2D eigenvalue weighted by Gasteiger charge is -2.23. The largest absolute Gasteiger partial charge is 0.383 e.